The second-order valence-corrected chi connectivity index (χ2v) is 6.87. The summed E-state index contributed by atoms with van der Waals surface area (Å²) < 4.78 is 26.3. The minimum atomic E-state index is -3.59. The molecule has 0 fully saturated rings. The smallest absolute Gasteiger partial charge is 0.240 e. The summed E-state index contributed by atoms with van der Waals surface area (Å²) in [6, 6.07) is 6.04. The molecule has 0 aliphatic carbocycles. The van der Waals surface area contributed by atoms with Crippen LogP contribution in [-0.4, -0.2) is 27.4 Å². The lowest BCUT2D eigenvalue weighted by Gasteiger charge is -2.08. The van der Waals surface area contributed by atoms with Crippen molar-refractivity contribution in [3.8, 4) is 0 Å². The fraction of sp³-hybridized carbons (Fsp3) is 0.500. The molecule has 1 aromatic carbocycles. The van der Waals surface area contributed by atoms with Gasteiger partial charge in [-0.25, -0.2) is 13.1 Å². The maximum absolute atomic E-state index is 12.0. The monoisotopic (exact) mass is 332 g/mol. The van der Waals surface area contributed by atoms with Crippen LogP contribution in [0.2, 0.25) is 5.02 Å². The fourth-order valence-corrected chi connectivity index (χ4v) is 3.06. The summed E-state index contributed by atoms with van der Waals surface area (Å²) >= 11 is 5.76. The van der Waals surface area contributed by atoms with Crippen molar-refractivity contribution in [3.63, 3.8) is 0 Å². The maximum Gasteiger partial charge on any atom is 0.240 e. The van der Waals surface area contributed by atoms with Gasteiger partial charge in [0.15, 0.2) is 0 Å². The molecule has 0 bridgehead atoms. The Labute approximate surface area is 131 Å². The third kappa shape index (κ3) is 6.93. The molecule has 1 amide bonds. The lowest BCUT2D eigenvalue weighted by Crippen LogP contribution is -2.34. The molecule has 7 heteroatoms. The third-order valence-corrected chi connectivity index (χ3v) is 4.55. The van der Waals surface area contributed by atoms with Gasteiger partial charge in [0.1, 0.15) is 0 Å². The number of hydrogen-bond acceptors (Lipinski definition) is 3. The SMILES string of the molecule is CCCCCC(=O)NCCNS(=O)(=O)c1cccc(Cl)c1. The van der Waals surface area contributed by atoms with E-state index in [0.717, 1.165) is 19.3 Å². The van der Waals surface area contributed by atoms with Crippen molar-refractivity contribution < 1.29 is 13.2 Å². The molecule has 1 rings (SSSR count). The quantitative estimate of drug-likeness (QED) is 0.681. The maximum atomic E-state index is 12.0. The van der Waals surface area contributed by atoms with Crippen LogP contribution in [0.15, 0.2) is 29.2 Å². The van der Waals surface area contributed by atoms with Gasteiger partial charge in [-0.2, -0.15) is 0 Å². The van der Waals surface area contributed by atoms with Crippen LogP contribution < -0.4 is 10.0 Å². The minimum absolute atomic E-state index is 0.0506. The zero-order valence-electron chi connectivity index (χ0n) is 12.1. The standard InChI is InChI=1S/C14H21ClN2O3S/c1-2-3-4-8-14(18)16-9-10-17-21(19,20)13-7-5-6-12(15)11-13/h5-7,11,17H,2-4,8-10H2,1H3,(H,16,18). The van der Waals surface area contributed by atoms with E-state index in [1.165, 1.54) is 12.1 Å². The second-order valence-electron chi connectivity index (χ2n) is 4.66. The van der Waals surface area contributed by atoms with E-state index >= 15 is 0 Å². The van der Waals surface area contributed by atoms with Crippen molar-refractivity contribution >= 4 is 27.5 Å². The Balaban J connectivity index is 2.33. The first-order chi connectivity index (χ1) is 9.95. The number of benzene rings is 1. The van der Waals surface area contributed by atoms with Crippen molar-refractivity contribution in [1.82, 2.24) is 10.0 Å². The van der Waals surface area contributed by atoms with Crippen LogP contribution in [0.5, 0.6) is 0 Å². The molecule has 0 aliphatic rings. The number of rotatable bonds is 9. The Morgan fingerprint density at radius 2 is 2.00 bits per heavy atom. The van der Waals surface area contributed by atoms with Gasteiger partial charge in [0, 0.05) is 24.5 Å². The molecular formula is C14H21ClN2O3S. The highest BCUT2D eigenvalue weighted by atomic mass is 35.5. The van der Waals surface area contributed by atoms with Crippen molar-refractivity contribution in [1.29, 1.82) is 0 Å². The van der Waals surface area contributed by atoms with E-state index in [2.05, 4.69) is 17.0 Å². The lowest BCUT2D eigenvalue weighted by atomic mass is 10.2. The molecule has 0 heterocycles. The van der Waals surface area contributed by atoms with E-state index in [1.807, 2.05) is 0 Å². The van der Waals surface area contributed by atoms with Crippen LogP contribution in [0.4, 0.5) is 0 Å². The normalized spacial score (nSPS) is 11.3. The Morgan fingerprint density at radius 3 is 2.67 bits per heavy atom. The highest BCUT2D eigenvalue weighted by molar-refractivity contribution is 7.89. The first kappa shape index (κ1) is 17.9. The topological polar surface area (TPSA) is 75.3 Å². The van der Waals surface area contributed by atoms with Crippen LogP contribution in [-0.2, 0) is 14.8 Å². The van der Waals surface area contributed by atoms with Crippen LogP contribution >= 0.6 is 11.6 Å². The summed E-state index contributed by atoms with van der Waals surface area (Å²) in [6.07, 6.45) is 3.42. The number of hydrogen-bond donors (Lipinski definition) is 2. The van der Waals surface area contributed by atoms with E-state index in [9.17, 15) is 13.2 Å². The highest BCUT2D eigenvalue weighted by Crippen LogP contribution is 2.14. The first-order valence-corrected chi connectivity index (χ1v) is 8.83. The number of halogens is 1. The summed E-state index contributed by atoms with van der Waals surface area (Å²) in [6.45, 7) is 2.49. The molecule has 21 heavy (non-hydrogen) atoms. The summed E-state index contributed by atoms with van der Waals surface area (Å²) in [5.74, 6) is -0.0506. The molecule has 1 aromatic rings. The first-order valence-electron chi connectivity index (χ1n) is 6.97. The number of amides is 1. The van der Waals surface area contributed by atoms with Crippen molar-refractivity contribution in [2.75, 3.05) is 13.1 Å². The molecule has 0 aliphatic heterocycles. The number of sulfonamides is 1. The van der Waals surface area contributed by atoms with E-state index in [-0.39, 0.29) is 23.9 Å². The molecule has 0 unspecified atom stereocenters. The molecule has 0 saturated carbocycles. The Bertz CT molecular complexity index is 561. The van der Waals surface area contributed by atoms with Gasteiger partial charge < -0.3 is 5.32 Å². The van der Waals surface area contributed by atoms with Gasteiger partial charge in [-0.15, -0.1) is 0 Å². The zero-order valence-corrected chi connectivity index (χ0v) is 13.6. The van der Waals surface area contributed by atoms with Crippen LogP contribution in [0.25, 0.3) is 0 Å². The average molecular weight is 333 g/mol. The largest absolute Gasteiger partial charge is 0.355 e. The van der Waals surface area contributed by atoms with Gasteiger partial charge in [0.05, 0.1) is 4.90 Å². The molecule has 0 atom stereocenters. The number of carbonyl (C=O) groups excluding carboxylic acids is 1. The predicted octanol–water partition coefficient (Wildman–Crippen LogP) is 2.31. The van der Waals surface area contributed by atoms with Crippen LogP contribution in [0, 0.1) is 0 Å². The summed E-state index contributed by atoms with van der Waals surface area (Å²) in [5.41, 5.74) is 0. The third-order valence-electron chi connectivity index (χ3n) is 2.85. The Morgan fingerprint density at radius 1 is 1.24 bits per heavy atom. The molecule has 118 valence electrons. The van der Waals surface area contributed by atoms with E-state index in [0.29, 0.717) is 11.4 Å². The molecule has 0 aromatic heterocycles. The van der Waals surface area contributed by atoms with Gasteiger partial charge in [0.25, 0.3) is 0 Å². The van der Waals surface area contributed by atoms with Crippen molar-refractivity contribution in [2.24, 2.45) is 0 Å². The van der Waals surface area contributed by atoms with E-state index < -0.39 is 10.0 Å². The summed E-state index contributed by atoms with van der Waals surface area (Å²) in [7, 11) is -3.59. The van der Waals surface area contributed by atoms with Crippen LogP contribution in [0.1, 0.15) is 32.6 Å². The molecule has 0 saturated heterocycles. The number of nitrogens with one attached hydrogen (secondary N) is 2. The molecule has 2 N–H and O–H groups in total. The number of unbranched alkanes of at least 4 members (excludes halogenated alkanes) is 2. The van der Waals surface area contributed by atoms with Crippen LogP contribution in [0.3, 0.4) is 0 Å². The Hall–Kier alpha value is -1.11. The fourth-order valence-electron chi connectivity index (χ4n) is 1.73. The van der Waals surface area contributed by atoms with Gasteiger partial charge in [-0.05, 0) is 24.6 Å². The van der Waals surface area contributed by atoms with Gasteiger partial charge in [-0.1, -0.05) is 37.4 Å². The summed E-state index contributed by atoms with van der Waals surface area (Å²) in [5, 5.41) is 3.05. The highest BCUT2D eigenvalue weighted by Gasteiger charge is 2.13. The van der Waals surface area contributed by atoms with E-state index in [4.69, 9.17) is 11.6 Å². The zero-order chi connectivity index (χ0) is 15.7. The molecular weight excluding hydrogens is 312 g/mol. The summed E-state index contributed by atoms with van der Waals surface area (Å²) in [4.78, 5) is 11.6. The molecule has 0 spiro atoms. The predicted molar refractivity (Wildman–Crippen MR) is 83.8 cm³/mol. The molecule has 0 radical (unpaired) electrons. The minimum Gasteiger partial charge on any atom is -0.355 e. The van der Waals surface area contributed by atoms with Gasteiger partial charge in [-0.3, -0.25) is 4.79 Å². The van der Waals surface area contributed by atoms with Gasteiger partial charge in [0.2, 0.25) is 15.9 Å². The average Bonchev–Trinajstić information content (AvgIpc) is 2.44. The van der Waals surface area contributed by atoms with Crippen molar-refractivity contribution in [2.45, 2.75) is 37.5 Å². The Kier molecular flexibility index (Phi) is 7.71. The lowest BCUT2D eigenvalue weighted by molar-refractivity contribution is -0.121. The number of carbonyl (C=O) groups is 1. The van der Waals surface area contributed by atoms with E-state index in [1.54, 1.807) is 12.1 Å². The van der Waals surface area contributed by atoms with Gasteiger partial charge >= 0.3 is 0 Å². The second kappa shape index (κ2) is 9.02. The van der Waals surface area contributed by atoms with Crippen molar-refractivity contribution in [3.05, 3.63) is 29.3 Å². The molecule has 5 nitrogen and oxygen atoms in total.